The molecule has 4 rings (SSSR count). The van der Waals surface area contributed by atoms with Crippen LogP contribution >= 0.6 is 11.0 Å². The van der Waals surface area contributed by atoms with Crippen LogP contribution in [0.5, 0.6) is 5.75 Å². The van der Waals surface area contributed by atoms with Gasteiger partial charge in [-0.05, 0) is 55.5 Å². The lowest BCUT2D eigenvalue weighted by Gasteiger charge is -2.34. The molecule has 0 atom stereocenters. The van der Waals surface area contributed by atoms with Gasteiger partial charge in [0.25, 0.3) is 5.91 Å². The average Bonchev–Trinajstić information content (AvgIpc) is 3.25. The van der Waals surface area contributed by atoms with Gasteiger partial charge in [-0.1, -0.05) is 13.0 Å². The summed E-state index contributed by atoms with van der Waals surface area (Å²) in [7, 11) is -3.39. The molecule has 0 saturated heterocycles. The first-order valence-corrected chi connectivity index (χ1v) is 12.6. The molecule has 1 amide bonds. The van der Waals surface area contributed by atoms with E-state index >= 15 is 0 Å². The molecule has 1 aliphatic rings. The van der Waals surface area contributed by atoms with Crippen molar-refractivity contribution in [1.82, 2.24) is 19.9 Å². The number of ether oxygens (including phenoxy) is 1. The fraction of sp³-hybridized carbons (Fsp3) is 0.304. The van der Waals surface area contributed by atoms with E-state index in [1.165, 1.54) is 0 Å². The average molecular weight is 500 g/mol. The standard InChI is InChI=1S/C23H29N7O4S/c1-4-6-18-26-11-12-30(18)19-13-15(9-10-25-19)22(31)27-23(2,3)14-34-17-8-5-7-16-20(17)21(24)29-35(32,33)28-16/h5,7-13,28,32-33H,4,6,14H2,1-3H3,(H2,24,29)(H,27,31). The van der Waals surface area contributed by atoms with Gasteiger partial charge in [-0.25, -0.2) is 9.97 Å². The first kappa shape index (κ1) is 24.5. The van der Waals surface area contributed by atoms with Crippen molar-refractivity contribution in [1.29, 1.82) is 0 Å². The van der Waals surface area contributed by atoms with Gasteiger partial charge in [-0.2, -0.15) is 0 Å². The third kappa shape index (κ3) is 5.56. The van der Waals surface area contributed by atoms with Gasteiger partial charge in [0.15, 0.2) is 5.84 Å². The van der Waals surface area contributed by atoms with E-state index in [1.807, 2.05) is 24.6 Å². The van der Waals surface area contributed by atoms with Crippen LogP contribution in [-0.4, -0.2) is 47.5 Å². The lowest BCUT2D eigenvalue weighted by Crippen LogP contribution is -2.48. The highest BCUT2D eigenvalue weighted by molar-refractivity contribution is 8.24. The minimum atomic E-state index is -3.39. The highest BCUT2D eigenvalue weighted by Gasteiger charge is 2.27. The Labute approximate surface area is 205 Å². The molecular formula is C23H29N7O4S. The molecule has 12 heteroatoms. The van der Waals surface area contributed by atoms with E-state index in [4.69, 9.17) is 10.5 Å². The third-order valence-electron chi connectivity index (χ3n) is 5.24. The SMILES string of the molecule is CCCc1nccn1-c1cc(C(=O)NC(C)(C)COc2cccc3c2C(N)=NS(O)(O)N3)ccn1. The van der Waals surface area contributed by atoms with E-state index in [1.54, 1.807) is 42.7 Å². The number of hydrogen-bond acceptors (Lipinski definition) is 9. The fourth-order valence-corrected chi connectivity index (χ4v) is 4.55. The number of nitrogens with two attached hydrogens (primary N) is 1. The van der Waals surface area contributed by atoms with Crippen LogP contribution in [0.2, 0.25) is 0 Å². The second-order valence-electron chi connectivity index (χ2n) is 8.77. The molecule has 0 spiro atoms. The molecular weight excluding hydrogens is 470 g/mol. The number of carbonyl (C=O) groups is 1. The number of pyridine rings is 1. The minimum Gasteiger partial charge on any atom is -0.490 e. The van der Waals surface area contributed by atoms with Crippen molar-refractivity contribution in [3.8, 4) is 11.6 Å². The summed E-state index contributed by atoms with van der Waals surface area (Å²) in [5.74, 6) is 1.60. The van der Waals surface area contributed by atoms with Gasteiger partial charge >= 0.3 is 0 Å². The van der Waals surface area contributed by atoms with Crippen LogP contribution in [0.25, 0.3) is 5.82 Å². The van der Waals surface area contributed by atoms with Crippen LogP contribution in [0.4, 0.5) is 5.69 Å². The molecule has 3 heterocycles. The van der Waals surface area contributed by atoms with Crippen molar-refractivity contribution < 1.29 is 18.6 Å². The van der Waals surface area contributed by atoms with Crippen molar-refractivity contribution in [2.45, 2.75) is 39.2 Å². The fourth-order valence-electron chi connectivity index (χ4n) is 3.67. The lowest BCUT2D eigenvalue weighted by molar-refractivity contribution is 0.0880. The van der Waals surface area contributed by atoms with Crippen LogP contribution in [0, 0.1) is 0 Å². The molecule has 186 valence electrons. The van der Waals surface area contributed by atoms with Crippen LogP contribution in [0.1, 0.15) is 48.9 Å². The number of fused-ring (bicyclic) bond motifs is 1. The van der Waals surface area contributed by atoms with Crippen LogP contribution in [0.3, 0.4) is 0 Å². The molecule has 1 aromatic carbocycles. The molecule has 35 heavy (non-hydrogen) atoms. The Hall–Kier alpha value is -3.61. The summed E-state index contributed by atoms with van der Waals surface area (Å²) in [6.07, 6.45) is 6.90. The Morgan fingerprint density at radius 1 is 1.26 bits per heavy atom. The number of benzene rings is 1. The molecule has 3 aromatic rings. The summed E-state index contributed by atoms with van der Waals surface area (Å²) in [5.41, 5.74) is 6.50. The van der Waals surface area contributed by atoms with Gasteiger partial charge in [0.1, 0.15) is 24.0 Å². The largest absolute Gasteiger partial charge is 0.490 e. The molecule has 0 unspecified atom stereocenters. The maximum Gasteiger partial charge on any atom is 0.252 e. The second kappa shape index (κ2) is 9.56. The second-order valence-corrected chi connectivity index (χ2v) is 10.2. The summed E-state index contributed by atoms with van der Waals surface area (Å²) in [6.45, 7) is 5.88. The van der Waals surface area contributed by atoms with Crippen molar-refractivity contribution in [3.63, 3.8) is 0 Å². The van der Waals surface area contributed by atoms with Gasteiger partial charge in [0.2, 0.25) is 0 Å². The molecule has 2 aromatic heterocycles. The zero-order valence-corrected chi connectivity index (χ0v) is 20.5. The molecule has 1 aliphatic heterocycles. The van der Waals surface area contributed by atoms with Crippen LogP contribution in [0.15, 0.2) is 53.3 Å². The van der Waals surface area contributed by atoms with E-state index in [-0.39, 0.29) is 18.3 Å². The smallest absolute Gasteiger partial charge is 0.252 e. The summed E-state index contributed by atoms with van der Waals surface area (Å²) >= 11 is 0. The minimum absolute atomic E-state index is 0.0394. The summed E-state index contributed by atoms with van der Waals surface area (Å²) in [6, 6.07) is 8.43. The lowest BCUT2D eigenvalue weighted by atomic mass is 10.1. The summed E-state index contributed by atoms with van der Waals surface area (Å²) in [5, 5.41) is 2.99. The highest BCUT2D eigenvalue weighted by atomic mass is 32.3. The molecule has 0 aliphatic carbocycles. The topological polar surface area (TPSA) is 160 Å². The first-order chi connectivity index (χ1) is 16.6. The Bertz CT molecular complexity index is 1270. The van der Waals surface area contributed by atoms with Crippen molar-refractivity contribution in [3.05, 3.63) is 65.9 Å². The first-order valence-electron chi connectivity index (χ1n) is 11.1. The number of amides is 1. The molecule has 0 radical (unpaired) electrons. The third-order valence-corrected chi connectivity index (χ3v) is 6.19. The Morgan fingerprint density at radius 2 is 2.06 bits per heavy atom. The predicted molar refractivity (Wildman–Crippen MR) is 136 cm³/mol. The van der Waals surface area contributed by atoms with Crippen molar-refractivity contribution >= 4 is 28.4 Å². The Morgan fingerprint density at radius 3 is 2.83 bits per heavy atom. The van der Waals surface area contributed by atoms with E-state index in [0.717, 1.165) is 18.7 Å². The normalized spacial score (nSPS) is 15.4. The number of amidine groups is 1. The van der Waals surface area contributed by atoms with Gasteiger partial charge in [0, 0.05) is 30.6 Å². The number of imidazole rings is 1. The Kier molecular flexibility index (Phi) is 6.70. The number of rotatable bonds is 8. The van der Waals surface area contributed by atoms with Gasteiger partial charge in [0.05, 0.1) is 16.8 Å². The summed E-state index contributed by atoms with van der Waals surface area (Å²) in [4.78, 5) is 21.8. The number of aryl methyl sites for hydroxylation is 1. The quantitative estimate of drug-likeness (QED) is 0.315. The predicted octanol–water partition coefficient (Wildman–Crippen LogP) is 3.52. The Balaban J connectivity index is 1.46. The number of anilines is 1. The zero-order chi connectivity index (χ0) is 25.2. The maximum absolute atomic E-state index is 13.0. The number of aromatic nitrogens is 3. The zero-order valence-electron chi connectivity index (χ0n) is 19.7. The molecule has 0 fully saturated rings. The van der Waals surface area contributed by atoms with Crippen LogP contribution in [-0.2, 0) is 6.42 Å². The number of nitrogens with zero attached hydrogens (tertiary/aromatic N) is 4. The number of carbonyl (C=O) groups excluding carboxylic acids is 1. The molecule has 11 nitrogen and oxygen atoms in total. The summed E-state index contributed by atoms with van der Waals surface area (Å²) < 4.78 is 33.8. The van der Waals surface area contributed by atoms with E-state index in [0.29, 0.717) is 28.4 Å². The maximum atomic E-state index is 13.0. The highest BCUT2D eigenvalue weighted by Crippen LogP contribution is 2.46. The monoisotopic (exact) mass is 499 g/mol. The van der Waals surface area contributed by atoms with Gasteiger partial charge in [-0.3, -0.25) is 23.2 Å². The van der Waals surface area contributed by atoms with E-state index in [9.17, 15) is 13.9 Å². The van der Waals surface area contributed by atoms with Crippen molar-refractivity contribution in [2.75, 3.05) is 11.3 Å². The van der Waals surface area contributed by atoms with E-state index < -0.39 is 16.5 Å². The molecule has 6 N–H and O–H groups in total. The van der Waals surface area contributed by atoms with E-state index in [2.05, 4.69) is 31.3 Å². The van der Waals surface area contributed by atoms with Crippen molar-refractivity contribution in [2.24, 2.45) is 10.1 Å². The molecule has 0 saturated carbocycles. The van der Waals surface area contributed by atoms with Gasteiger partial charge in [-0.15, -0.1) is 4.40 Å². The van der Waals surface area contributed by atoms with Gasteiger partial charge < -0.3 is 15.8 Å². The molecule has 0 bridgehead atoms. The number of nitrogens with one attached hydrogen (secondary N) is 2. The number of hydrogen-bond donors (Lipinski definition) is 5. The van der Waals surface area contributed by atoms with Crippen LogP contribution < -0.4 is 20.5 Å².